The fraction of sp³-hybridized carbons (Fsp3) is 0.600. The van der Waals surface area contributed by atoms with Crippen LogP contribution in [0.1, 0.15) is 49.4 Å². The first-order chi connectivity index (χ1) is 12.8. The van der Waals surface area contributed by atoms with Crippen molar-refractivity contribution in [2.24, 2.45) is 5.92 Å². The number of nitrogens with zero attached hydrogens (tertiary/aromatic N) is 1. The quantitative estimate of drug-likeness (QED) is 0.752. The summed E-state index contributed by atoms with van der Waals surface area (Å²) in [4.78, 5) is 26.7. The third-order valence-corrected chi connectivity index (χ3v) is 6.09. The average Bonchev–Trinajstić information content (AvgIpc) is 2.58. The topological polar surface area (TPSA) is 61.4 Å². The molecule has 1 aromatic rings. The van der Waals surface area contributed by atoms with E-state index in [1.165, 1.54) is 6.42 Å². The summed E-state index contributed by atoms with van der Waals surface area (Å²) in [7, 11) is 0. The van der Waals surface area contributed by atoms with Gasteiger partial charge in [0.05, 0.1) is 6.54 Å². The molecule has 1 heterocycles. The Kier molecular flexibility index (Phi) is 6.66. The van der Waals surface area contributed by atoms with E-state index in [9.17, 15) is 9.59 Å². The SMILES string of the molecule is CC1(NC(=O)CN2CCC(CNC(=O)c3cc(Cl)cc(Cl)c3)CC2)CCC1. The van der Waals surface area contributed by atoms with Gasteiger partial charge in [-0.3, -0.25) is 14.5 Å². The number of benzene rings is 1. The first-order valence-corrected chi connectivity index (χ1v) is 10.4. The van der Waals surface area contributed by atoms with Gasteiger partial charge in [-0.2, -0.15) is 0 Å². The Labute approximate surface area is 170 Å². The smallest absolute Gasteiger partial charge is 0.251 e. The molecular formula is C20H27Cl2N3O2. The van der Waals surface area contributed by atoms with Crippen molar-refractivity contribution in [2.75, 3.05) is 26.2 Å². The first-order valence-electron chi connectivity index (χ1n) is 9.61. The van der Waals surface area contributed by atoms with E-state index in [2.05, 4.69) is 22.5 Å². The van der Waals surface area contributed by atoms with Crippen molar-refractivity contribution >= 4 is 35.0 Å². The number of piperidine rings is 1. The van der Waals surface area contributed by atoms with Crippen molar-refractivity contribution in [3.05, 3.63) is 33.8 Å². The largest absolute Gasteiger partial charge is 0.352 e. The normalized spacial score (nSPS) is 20.0. The highest BCUT2D eigenvalue weighted by molar-refractivity contribution is 6.35. The van der Waals surface area contributed by atoms with Gasteiger partial charge < -0.3 is 10.6 Å². The summed E-state index contributed by atoms with van der Waals surface area (Å²) in [5.74, 6) is 0.392. The van der Waals surface area contributed by atoms with Crippen molar-refractivity contribution in [2.45, 2.75) is 44.6 Å². The average molecular weight is 412 g/mol. The van der Waals surface area contributed by atoms with Crippen molar-refractivity contribution in [1.29, 1.82) is 0 Å². The van der Waals surface area contributed by atoms with Crippen LogP contribution in [-0.4, -0.2) is 48.4 Å². The maximum Gasteiger partial charge on any atom is 0.251 e. The van der Waals surface area contributed by atoms with Crippen molar-refractivity contribution < 1.29 is 9.59 Å². The van der Waals surface area contributed by atoms with Crippen molar-refractivity contribution in [3.63, 3.8) is 0 Å². The van der Waals surface area contributed by atoms with Crippen LogP contribution in [0.2, 0.25) is 10.0 Å². The molecule has 1 aliphatic heterocycles. The molecule has 2 amide bonds. The summed E-state index contributed by atoms with van der Waals surface area (Å²) in [6.45, 7) is 4.98. The third-order valence-electron chi connectivity index (χ3n) is 5.65. The van der Waals surface area contributed by atoms with Crippen LogP contribution in [0.5, 0.6) is 0 Å². The number of likely N-dealkylation sites (tertiary alicyclic amines) is 1. The number of nitrogens with one attached hydrogen (secondary N) is 2. The molecule has 5 nitrogen and oxygen atoms in total. The molecule has 0 spiro atoms. The minimum absolute atomic E-state index is 0.0168. The van der Waals surface area contributed by atoms with Crippen LogP contribution in [-0.2, 0) is 4.79 Å². The molecule has 0 atom stereocenters. The molecule has 0 aromatic heterocycles. The molecule has 2 fully saturated rings. The number of halogens is 2. The van der Waals surface area contributed by atoms with E-state index in [4.69, 9.17) is 23.2 Å². The van der Waals surface area contributed by atoms with Crippen LogP contribution in [0, 0.1) is 5.92 Å². The summed E-state index contributed by atoms with van der Waals surface area (Å²) in [5, 5.41) is 7.04. The predicted octanol–water partition coefficient (Wildman–Crippen LogP) is 3.49. The van der Waals surface area contributed by atoms with Crippen LogP contribution in [0.3, 0.4) is 0 Å². The van der Waals surface area contributed by atoms with Gasteiger partial charge >= 0.3 is 0 Å². The zero-order valence-electron chi connectivity index (χ0n) is 15.7. The molecule has 0 bridgehead atoms. The summed E-state index contributed by atoms with van der Waals surface area (Å²) >= 11 is 11.9. The van der Waals surface area contributed by atoms with E-state index in [-0.39, 0.29) is 17.4 Å². The van der Waals surface area contributed by atoms with Crippen LogP contribution in [0.25, 0.3) is 0 Å². The molecule has 1 saturated heterocycles. The highest BCUT2D eigenvalue weighted by Crippen LogP contribution is 2.30. The number of carbonyl (C=O) groups excluding carboxylic acids is 2. The lowest BCUT2D eigenvalue weighted by Gasteiger charge is -2.40. The Hall–Kier alpha value is -1.30. The van der Waals surface area contributed by atoms with Crippen LogP contribution < -0.4 is 10.6 Å². The molecule has 148 valence electrons. The number of hydrogen-bond acceptors (Lipinski definition) is 3. The molecule has 7 heteroatoms. The van der Waals surface area contributed by atoms with Gasteiger partial charge in [0.1, 0.15) is 0 Å². The van der Waals surface area contributed by atoms with Crippen LogP contribution >= 0.6 is 23.2 Å². The first kappa shape index (κ1) is 20.4. The zero-order valence-corrected chi connectivity index (χ0v) is 17.2. The maximum atomic E-state index is 12.3. The summed E-state index contributed by atoms with van der Waals surface area (Å²) in [6.07, 6.45) is 5.31. The van der Waals surface area contributed by atoms with E-state index in [0.717, 1.165) is 38.8 Å². The second-order valence-corrected chi connectivity index (χ2v) is 8.92. The van der Waals surface area contributed by atoms with Crippen LogP contribution in [0.4, 0.5) is 0 Å². The standard InChI is InChI=1S/C20H27Cl2N3O2/c1-20(5-2-6-20)24-18(26)13-25-7-3-14(4-8-25)12-23-19(27)15-9-16(21)11-17(22)10-15/h9-11,14H,2-8,12-13H2,1H3,(H,23,27)(H,24,26). The van der Waals surface area contributed by atoms with E-state index >= 15 is 0 Å². The molecule has 1 saturated carbocycles. The van der Waals surface area contributed by atoms with E-state index in [0.29, 0.717) is 34.6 Å². The fourth-order valence-electron chi connectivity index (χ4n) is 3.78. The van der Waals surface area contributed by atoms with Gasteiger partial charge in [-0.15, -0.1) is 0 Å². The Bertz CT molecular complexity index is 678. The van der Waals surface area contributed by atoms with Crippen LogP contribution in [0.15, 0.2) is 18.2 Å². The van der Waals surface area contributed by atoms with E-state index in [1.807, 2.05) is 0 Å². The highest BCUT2D eigenvalue weighted by atomic mass is 35.5. The molecule has 3 rings (SSSR count). The number of hydrogen-bond donors (Lipinski definition) is 2. The maximum absolute atomic E-state index is 12.3. The van der Waals surface area contributed by atoms with Crippen molar-refractivity contribution in [1.82, 2.24) is 15.5 Å². The summed E-state index contributed by atoms with van der Waals surface area (Å²) in [5.41, 5.74) is 0.495. The Morgan fingerprint density at radius 2 is 1.78 bits per heavy atom. The molecule has 1 aromatic carbocycles. The predicted molar refractivity (Wildman–Crippen MR) is 108 cm³/mol. The van der Waals surface area contributed by atoms with E-state index in [1.54, 1.807) is 18.2 Å². The third kappa shape index (κ3) is 5.84. The molecule has 0 unspecified atom stereocenters. The molecule has 1 aliphatic carbocycles. The number of carbonyl (C=O) groups is 2. The lowest BCUT2D eigenvalue weighted by Crippen LogP contribution is -2.54. The zero-order chi connectivity index (χ0) is 19.4. The Balaban J connectivity index is 1.38. The van der Waals surface area contributed by atoms with Gasteiger partial charge in [-0.1, -0.05) is 23.2 Å². The van der Waals surface area contributed by atoms with Gasteiger partial charge in [0, 0.05) is 27.7 Å². The lowest BCUT2D eigenvalue weighted by atomic mass is 9.78. The Morgan fingerprint density at radius 3 is 2.33 bits per heavy atom. The molecular weight excluding hydrogens is 385 g/mol. The summed E-state index contributed by atoms with van der Waals surface area (Å²) in [6, 6.07) is 4.84. The second kappa shape index (κ2) is 8.80. The van der Waals surface area contributed by atoms with Crippen molar-refractivity contribution in [3.8, 4) is 0 Å². The van der Waals surface area contributed by atoms with Gasteiger partial charge in [-0.25, -0.2) is 0 Å². The minimum Gasteiger partial charge on any atom is -0.352 e. The Morgan fingerprint density at radius 1 is 1.15 bits per heavy atom. The molecule has 2 aliphatic rings. The summed E-state index contributed by atoms with van der Waals surface area (Å²) < 4.78 is 0. The van der Waals surface area contributed by atoms with E-state index < -0.39 is 0 Å². The van der Waals surface area contributed by atoms with Gasteiger partial charge in [0.25, 0.3) is 5.91 Å². The molecule has 0 radical (unpaired) electrons. The van der Waals surface area contributed by atoms with Gasteiger partial charge in [-0.05, 0) is 76.2 Å². The number of amides is 2. The fourth-order valence-corrected chi connectivity index (χ4v) is 4.31. The number of rotatable bonds is 6. The second-order valence-electron chi connectivity index (χ2n) is 8.05. The lowest BCUT2D eigenvalue weighted by molar-refractivity contribution is -0.125. The molecule has 27 heavy (non-hydrogen) atoms. The van der Waals surface area contributed by atoms with Gasteiger partial charge in [0.2, 0.25) is 5.91 Å². The van der Waals surface area contributed by atoms with Gasteiger partial charge in [0.15, 0.2) is 0 Å². The molecule has 2 N–H and O–H groups in total. The minimum atomic E-state index is -0.157. The monoisotopic (exact) mass is 411 g/mol. The highest BCUT2D eigenvalue weighted by Gasteiger charge is 2.33.